The van der Waals surface area contributed by atoms with Crippen LogP contribution in [0.2, 0.25) is 0 Å². The Bertz CT molecular complexity index is 473. The minimum absolute atomic E-state index is 0.237. The number of hydrogen-bond acceptors (Lipinski definition) is 0. The maximum Gasteiger partial charge on any atom is 0.160 e. The summed E-state index contributed by atoms with van der Waals surface area (Å²) in [6.07, 6.45) is 3.64. The highest BCUT2D eigenvalue weighted by atomic mass is 32.2. The number of benzene rings is 2. The molecular weight excluding hydrogens is 248 g/mol. The molecule has 0 bridgehead atoms. The third-order valence-electron chi connectivity index (χ3n) is 3.18. The Morgan fingerprint density at radius 2 is 1.37 bits per heavy atom. The summed E-state index contributed by atoms with van der Waals surface area (Å²) in [5.74, 6) is 1.25. The van der Waals surface area contributed by atoms with Crippen LogP contribution in [-0.4, -0.2) is 5.75 Å². The van der Waals surface area contributed by atoms with E-state index in [0.29, 0.717) is 0 Å². The largest absolute Gasteiger partial charge is 0.160 e. The Labute approximate surface area is 120 Å². The van der Waals surface area contributed by atoms with Crippen molar-refractivity contribution >= 4 is 10.9 Å². The van der Waals surface area contributed by atoms with Gasteiger partial charge < -0.3 is 0 Å². The second-order valence-electron chi connectivity index (χ2n) is 4.80. The van der Waals surface area contributed by atoms with Gasteiger partial charge in [-0.3, -0.25) is 0 Å². The first-order chi connectivity index (χ1) is 9.35. The first kappa shape index (κ1) is 14.2. The molecule has 0 N–H and O–H groups in total. The van der Waals surface area contributed by atoms with E-state index in [0.717, 1.165) is 0 Å². The second kappa shape index (κ2) is 7.40. The van der Waals surface area contributed by atoms with Crippen LogP contribution in [-0.2, 0) is 17.3 Å². The number of rotatable bonds is 6. The third-order valence-corrected chi connectivity index (χ3v) is 5.68. The van der Waals surface area contributed by atoms with Gasteiger partial charge in [-0.2, -0.15) is 0 Å². The Morgan fingerprint density at radius 1 is 0.737 bits per heavy atom. The van der Waals surface area contributed by atoms with Crippen molar-refractivity contribution in [3.63, 3.8) is 0 Å². The highest BCUT2D eigenvalue weighted by molar-refractivity contribution is 7.97. The van der Waals surface area contributed by atoms with E-state index < -0.39 is 0 Å². The molecule has 0 spiro atoms. The van der Waals surface area contributed by atoms with Crippen LogP contribution in [0.15, 0.2) is 64.4 Å². The first-order valence-electron chi connectivity index (χ1n) is 7.20. The molecule has 0 heterocycles. The summed E-state index contributed by atoms with van der Waals surface area (Å²) in [4.78, 5) is 2.94. The van der Waals surface area contributed by atoms with E-state index in [1.807, 2.05) is 0 Å². The molecule has 0 saturated heterocycles. The van der Waals surface area contributed by atoms with Gasteiger partial charge >= 0.3 is 0 Å². The summed E-state index contributed by atoms with van der Waals surface area (Å²) in [7, 11) is 0.237. The monoisotopic (exact) mass is 271 g/mol. The maximum atomic E-state index is 2.33. The second-order valence-corrected chi connectivity index (χ2v) is 6.93. The predicted octanol–water partition coefficient (Wildman–Crippen LogP) is 5.09. The minimum Gasteiger partial charge on any atom is -0.0651 e. The molecule has 0 aliphatic carbocycles. The van der Waals surface area contributed by atoms with Crippen molar-refractivity contribution in [2.75, 3.05) is 5.75 Å². The summed E-state index contributed by atoms with van der Waals surface area (Å²) >= 11 is 0. The van der Waals surface area contributed by atoms with E-state index in [-0.39, 0.29) is 10.9 Å². The van der Waals surface area contributed by atoms with Crippen LogP contribution in [0.4, 0.5) is 0 Å². The quantitative estimate of drug-likeness (QED) is 0.642. The standard InChI is InChI=1S/C18H23S/c1-3-8-16-11-13-18(14-12-16)19(15-4-2)17-9-6-5-7-10-17/h5-7,9-14H,3-4,8,15H2,1-2H3/q+1. The first-order valence-corrected chi connectivity index (χ1v) is 8.59. The van der Waals surface area contributed by atoms with Gasteiger partial charge in [-0.15, -0.1) is 0 Å². The molecule has 19 heavy (non-hydrogen) atoms. The number of aryl methyl sites for hydroxylation is 1. The molecule has 2 aromatic carbocycles. The smallest absolute Gasteiger partial charge is 0.0651 e. The van der Waals surface area contributed by atoms with E-state index in [9.17, 15) is 0 Å². The Hall–Kier alpha value is -1.21. The lowest BCUT2D eigenvalue weighted by Crippen LogP contribution is -2.08. The van der Waals surface area contributed by atoms with Gasteiger partial charge in [0, 0.05) is 0 Å². The molecule has 0 fully saturated rings. The third kappa shape index (κ3) is 3.87. The van der Waals surface area contributed by atoms with Crippen molar-refractivity contribution in [2.24, 2.45) is 0 Å². The normalized spacial score (nSPS) is 12.3. The summed E-state index contributed by atoms with van der Waals surface area (Å²) in [6.45, 7) is 4.51. The van der Waals surface area contributed by atoms with E-state index in [1.54, 1.807) is 0 Å². The van der Waals surface area contributed by atoms with Gasteiger partial charge in [0.1, 0.15) is 5.75 Å². The maximum absolute atomic E-state index is 2.33. The molecular formula is C18H23S+. The van der Waals surface area contributed by atoms with Gasteiger partial charge in [-0.05, 0) is 42.7 Å². The molecule has 0 aromatic heterocycles. The lowest BCUT2D eigenvalue weighted by molar-refractivity contribution is 0.920. The van der Waals surface area contributed by atoms with Gasteiger partial charge in [0.25, 0.3) is 0 Å². The molecule has 100 valence electrons. The fraction of sp³-hybridized carbons (Fsp3) is 0.333. The SMILES string of the molecule is CCCc1ccc([S+](CCC)c2ccccc2)cc1. The summed E-state index contributed by atoms with van der Waals surface area (Å²) in [5, 5.41) is 0. The number of hydrogen-bond donors (Lipinski definition) is 0. The van der Waals surface area contributed by atoms with Crippen LogP contribution >= 0.6 is 0 Å². The van der Waals surface area contributed by atoms with Crippen LogP contribution in [0.5, 0.6) is 0 Å². The Balaban J connectivity index is 2.24. The topological polar surface area (TPSA) is 0 Å². The van der Waals surface area contributed by atoms with Crippen molar-refractivity contribution in [1.29, 1.82) is 0 Å². The fourth-order valence-electron chi connectivity index (χ4n) is 2.27. The van der Waals surface area contributed by atoms with Crippen molar-refractivity contribution in [1.82, 2.24) is 0 Å². The zero-order chi connectivity index (χ0) is 13.5. The predicted molar refractivity (Wildman–Crippen MR) is 85.9 cm³/mol. The van der Waals surface area contributed by atoms with E-state index in [4.69, 9.17) is 0 Å². The molecule has 1 unspecified atom stereocenters. The van der Waals surface area contributed by atoms with Crippen molar-refractivity contribution in [2.45, 2.75) is 42.9 Å². The molecule has 0 aliphatic heterocycles. The average molecular weight is 271 g/mol. The highest BCUT2D eigenvalue weighted by Crippen LogP contribution is 2.24. The van der Waals surface area contributed by atoms with Gasteiger partial charge in [-0.25, -0.2) is 0 Å². The van der Waals surface area contributed by atoms with Crippen LogP contribution in [0.3, 0.4) is 0 Å². The molecule has 1 heteroatoms. The van der Waals surface area contributed by atoms with Crippen molar-refractivity contribution < 1.29 is 0 Å². The van der Waals surface area contributed by atoms with Crippen LogP contribution < -0.4 is 0 Å². The molecule has 0 saturated carbocycles. The molecule has 0 aliphatic rings. The van der Waals surface area contributed by atoms with Gasteiger partial charge in [-0.1, -0.05) is 50.6 Å². The lowest BCUT2D eigenvalue weighted by atomic mass is 10.1. The van der Waals surface area contributed by atoms with Crippen LogP contribution in [0, 0.1) is 0 Å². The highest BCUT2D eigenvalue weighted by Gasteiger charge is 2.23. The Kier molecular flexibility index (Phi) is 5.53. The molecule has 2 rings (SSSR count). The zero-order valence-electron chi connectivity index (χ0n) is 11.9. The summed E-state index contributed by atoms with van der Waals surface area (Å²) in [5.41, 5.74) is 1.46. The van der Waals surface area contributed by atoms with Gasteiger partial charge in [0.15, 0.2) is 9.79 Å². The van der Waals surface area contributed by atoms with Crippen molar-refractivity contribution in [3.05, 3.63) is 60.2 Å². The van der Waals surface area contributed by atoms with Gasteiger partial charge in [0.2, 0.25) is 0 Å². The molecule has 0 radical (unpaired) electrons. The Morgan fingerprint density at radius 3 is 1.95 bits per heavy atom. The minimum atomic E-state index is 0.237. The van der Waals surface area contributed by atoms with Crippen LogP contribution in [0.25, 0.3) is 0 Å². The van der Waals surface area contributed by atoms with Crippen LogP contribution in [0.1, 0.15) is 32.3 Å². The summed E-state index contributed by atoms with van der Waals surface area (Å²) in [6, 6.07) is 20.2. The fourth-order valence-corrected chi connectivity index (χ4v) is 4.37. The molecule has 2 aromatic rings. The van der Waals surface area contributed by atoms with Gasteiger partial charge in [0.05, 0.1) is 10.9 Å². The summed E-state index contributed by atoms with van der Waals surface area (Å²) < 4.78 is 0. The molecule has 0 nitrogen and oxygen atoms in total. The zero-order valence-corrected chi connectivity index (χ0v) is 12.7. The van der Waals surface area contributed by atoms with Crippen molar-refractivity contribution in [3.8, 4) is 0 Å². The van der Waals surface area contributed by atoms with E-state index in [1.165, 1.54) is 40.4 Å². The van der Waals surface area contributed by atoms with E-state index in [2.05, 4.69) is 68.4 Å². The average Bonchev–Trinajstić information content (AvgIpc) is 2.47. The molecule has 1 atom stereocenters. The lowest BCUT2D eigenvalue weighted by Gasteiger charge is -2.07. The van der Waals surface area contributed by atoms with E-state index >= 15 is 0 Å². The molecule has 0 amide bonds.